The van der Waals surface area contributed by atoms with Gasteiger partial charge in [-0.1, -0.05) is 109 Å². The fourth-order valence-corrected chi connectivity index (χ4v) is 7.34. The molecule has 344 valence electrons. The zero-order valence-corrected chi connectivity index (χ0v) is 37.0. The van der Waals surface area contributed by atoms with E-state index in [0.29, 0.717) is 11.1 Å². The molecule has 0 radical (unpaired) electrons. The first-order valence-electron chi connectivity index (χ1n) is 21.2. The van der Waals surface area contributed by atoms with Crippen molar-refractivity contribution >= 4 is 41.4 Å². The molecule has 65 heavy (non-hydrogen) atoms. The third-order valence-corrected chi connectivity index (χ3v) is 11.1. The Labute approximate surface area is 378 Å². The average molecular weight is 892 g/mol. The number of benzene rings is 4. The molecule has 1 aliphatic heterocycles. The maximum Gasteiger partial charge on any atom is 0.245 e. The highest BCUT2D eigenvalue weighted by Crippen LogP contribution is 2.36. The molecule has 7 amide bonds. The van der Waals surface area contributed by atoms with Gasteiger partial charge in [0.05, 0.1) is 25.8 Å². The molecule has 4 aromatic carbocycles. The largest absolute Gasteiger partial charge is 0.507 e. The van der Waals surface area contributed by atoms with Crippen molar-refractivity contribution in [3.8, 4) is 5.75 Å². The number of carbonyl (C=O) groups excluding carboxylic acids is 7. The molecule has 5 N–H and O–H groups in total. The quantitative estimate of drug-likeness (QED) is 0.0958. The van der Waals surface area contributed by atoms with Gasteiger partial charge in [0.25, 0.3) is 0 Å². The van der Waals surface area contributed by atoms with Gasteiger partial charge in [0.1, 0.15) is 37.0 Å². The molecule has 0 spiro atoms. The number of nitrogens with one attached hydrogen (secondary N) is 2. The molecule has 1 heterocycles. The second-order valence-electron chi connectivity index (χ2n) is 15.7. The van der Waals surface area contributed by atoms with Crippen LogP contribution in [0.4, 0.5) is 0 Å². The summed E-state index contributed by atoms with van der Waals surface area (Å²) in [4.78, 5) is 101. The van der Waals surface area contributed by atoms with Crippen molar-refractivity contribution < 1.29 is 48.1 Å². The minimum absolute atomic E-state index is 0.0104. The lowest BCUT2D eigenvalue weighted by Crippen LogP contribution is -2.57. The number of amides is 7. The Morgan fingerprint density at radius 1 is 0.785 bits per heavy atom. The molecule has 1 unspecified atom stereocenters. The fourth-order valence-electron chi connectivity index (χ4n) is 7.34. The lowest BCUT2D eigenvalue weighted by atomic mass is 10.0. The standard InChI is InChI=1S/C48H57N7O10/c1-32(45(49)61)50-46(62)39(26-35-16-8-5-9-17-35)51-47(63)40-31-65-48(38-22-14-15-23-41(38)57)55(40)44(60)30-54(33(2)37-20-12-7-13-21-37)43(59)29-53(27-36-18-10-6-11-19-36)42(58)28-52(34(3)56)24-25-64-4/h5-23,32-33,39-40,48,57H,24-31H2,1-4H3,(H2,49,61)(H,50,62)(H,51,63)/t32-,33-,39-,40-,48?/m0/s1. The van der Waals surface area contributed by atoms with Gasteiger partial charge in [-0.3, -0.25) is 38.5 Å². The van der Waals surface area contributed by atoms with E-state index in [0.717, 1.165) is 10.5 Å². The minimum Gasteiger partial charge on any atom is -0.507 e. The van der Waals surface area contributed by atoms with Crippen molar-refractivity contribution in [1.82, 2.24) is 30.2 Å². The van der Waals surface area contributed by atoms with Crippen molar-refractivity contribution in [3.05, 3.63) is 138 Å². The SMILES string of the molecule is COCCN(CC(=O)N(CC(=O)N(CC(=O)N1C(c2ccccc2O)OC[C@H]1C(=O)N[C@@H](Cc1ccccc1)C(=O)N[C@@H](C)C(N)=O)[C@@H](C)c1ccccc1)Cc1ccccc1)C(C)=O. The van der Waals surface area contributed by atoms with Gasteiger partial charge in [0, 0.05) is 39.1 Å². The summed E-state index contributed by atoms with van der Waals surface area (Å²) in [5.74, 6) is -4.73. The number of para-hydroxylation sites is 1. The molecule has 5 rings (SSSR count). The van der Waals surface area contributed by atoms with Crippen LogP contribution in [0.1, 0.15) is 55.3 Å². The highest BCUT2D eigenvalue weighted by Gasteiger charge is 2.45. The summed E-state index contributed by atoms with van der Waals surface area (Å²) < 4.78 is 11.2. The van der Waals surface area contributed by atoms with Crippen LogP contribution in [0.5, 0.6) is 5.75 Å². The van der Waals surface area contributed by atoms with Crippen LogP contribution in [-0.2, 0) is 56.0 Å². The summed E-state index contributed by atoms with van der Waals surface area (Å²) in [6.07, 6.45) is -1.29. The fraction of sp³-hybridized carbons (Fsp3) is 0.354. The Kier molecular flexibility index (Phi) is 17.7. The molecule has 17 heteroatoms. The van der Waals surface area contributed by atoms with E-state index in [9.17, 15) is 38.7 Å². The normalized spacial score (nSPS) is 15.8. The van der Waals surface area contributed by atoms with Gasteiger partial charge in [-0.15, -0.1) is 0 Å². The first kappa shape index (κ1) is 48.9. The van der Waals surface area contributed by atoms with E-state index < -0.39 is 78.9 Å². The van der Waals surface area contributed by atoms with Crippen LogP contribution in [-0.4, -0.2) is 131 Å². The molecular weight excluding hydrogens is 835 g/mol. The number of phenols is 1. The van der Waals surface area contributed by atoms with E-state index in [2.05, 4.69) is 10.6 Å². The highest BCUT2D eigenvalue weighted by atomic mass is 16.5. The van der Waals surface area contributed by atoms with Gasteiger partial charge in [-0.2, -0.15) is 0 Å². The van der Waals surface area contributed by atoms with Crippen LogP contribution in [0.3, 0.4) is 0 Å². The number of hydrogen-bond acceptors (Lipinski definition) is 10. The molecule has 0 aromatic heterocycles. The van der Waals surface area contributed by atoms with Crippen molar-refractivity contribution in [2.75, 3.05) is 46.5 Å². The van der Waals surface area contributed by atoms with Gasteiger partial charge < -0.3 is 45.6 Å². The van der Waals surface area contributed by atoms with E-state index in [-0.39, 0.29) is 56.5 Å². The van der Waals surface area contributed by atoms with Gasteiger partial charge in [0.2, 0.25) is 41.4 Å². The molecular formula is C48H57N7O10. The number of carbonyl (C=O) groups is 7. The zero-order valence-electron chi connectivity index (χ0n) is 37.0. The first-order chi connectivity index (χ1) is 31.2. The molecule has 1 aliphatic rings. The predicted molar refractivity (Wildman–Crippen MR) is 239 cm³/mol. The number of nitrogens with zero attached hydrogens (tertiary/aromatic N) is 4. The summed E-state index contributed by atoms with van der Waals surface area (Å²) in [6.45, 7) is 3.03. The molecule has 0 saturated carbocycles. The smallest absolute Gasteiger partial charge is 0.245 e. The summed E-state index contributed by atoms with van der Waals surface area (Å²) in [6, 6.07) is 28.6. The first-order valence-corrected chi connectivity index (χ1v) is 21.2. The highest BCUT2D eigenvalue weighted by molar-refractivity contribution is 5.96. The van der Waals surface area contributed by atoms with Crippen molar-refractivity contribution in [2.24, 2.45) is 5.73 Å². The molecule has 5 atom stereocenters. The second-order valence-corrected chi connectivity index (χ2v) is 15.7. The molecule has 17 nitrogen and oxygen atoms in total. The second kappa shape index (κ2) is 23.5. The maximum atomic E-state index is 15.0. The van der Waals surface area contributed by atoms with Gasteiger partial charge in [0.15, 0.2) is 6.23 Å². The number of hydrogen-bond donors (Lipinski definition) is 4. The summed E-state index contributed by atoms with van der Waals surface area (Å²) in [5, 5.41) is 16.3. The topological polar surface area (TPSA) is 221 Å². The monoisotopic (exact) mass is 891 g/mol. The van der Waals surface area contributed by atoms with Crippen molar-refractivity contribution in [3.63, 3.8) is 0 Å². The summed E-state index contributed by atoms with van der Waals surface area (Å²) in [5.41, 5.74) is 7.67. The Balaban J connectivity index is 1.50. The molecule has 0 bridgehead atoms. The van der Waals surface area contributed by atoms with Crippen LogP contribution < -0.4 is 16.4 Å². The number of nitrogens with two attached hydrogens (primary N) is 1. The van der Waals surface area contributed by atoms with E-state index in [4.69, 9.17) is 15.2 Å². The molecule has 4 aromatic rings. The molecule has 1 saturated heterocycles. The van der Waals surface area contributed by atoms with Crippen molar-refractivity contribution in [1.29, 1.82) is 0 Å². The third-order valence-electron chi connectivity index (χ3n) is 11.1. The van der Waals surface area contributed by atoms with E-state index in [1.165, 1.54) is 47.8 Å². The predicted octanol–water partition coefficient (Wildman–Crippen LogP) is 2.45. The minimum atomic E-state index is -1.38. The third kappa shape index (κ3) is 13.4. The number of rotatable bonds is 21. The number of primary amides is 1. The van der Waals surface area contributed by atoms with Crippen molar-refractivity contribution in [2.45, 2.75) is 64.1 Å². The Bertz CT molecular complexity index is 2270. The zero-order chi connectivity index (χ0) is 47.0. The summed E-state index contributed by atoms with van der Waals surface area (Å²) in [7, 11) is 1.48. The maximum absolute atomic E-state index is 15.0. The van der Waals surface area contributed by atoms with Crippen LogP contribution in [0.25, 0.3) is 0 Å². The number of phenolic OH excluding ortho intramolecular Hbond substituents is 1. The Hall–Kier alpha value is -7.11. The van der Waals surface area contributed by atoms with Gasteiger partial charge in [-0.25, -0.2) is 0 Å². The summed E-state index contributed by atoms with van der Waals surface area (Å²) >= 11 is 0. The lowest BCUT2D eigenvalue weighted by Gasteiger charge is -2.35. The van der Waals surface area contributed by atoms with Gasteiger partial charge >= 0.3 is 0 Å². The van der Waals surface area contributed by atoms with E-state index >= 15 is 0 Å². The number of ether oxygens (including phenoxy) is 2. The van der Waals surface area contributed by atoms with Crippen LogP contribution >= 0.6 is 0 Å². The molecule has 0 aliphatic carbocycles. The number of methoxy groups -OCH3 is 1. The van der Waals surface area contributed by atoms with Gasteiger partial charge in [-0.05, 0) is 36.6 Å². The van der Waals surface area contributed by atoms with E-state index in [1.807, 2.05) is 6.07 Å². The van der Waals surface area contributed by atoms with Crippen LogP contribution in [0.2, 0.25) is 0 Å². The lowest BCUT2D eigenvalue weighted by molar-refractivity contribution is -0.151. The van der Waals surface area contributed by atoms with Crippen LogP contribution in [0, 0.1) is 0 Å². The molecule has 1 fully saturated rings. The Morgan fingerprint density at radius 3 is 1.97 bits per heavy atom. The average Bonchev–Trinajstić information content (AvgIpc) is 3.75. The van der Waals surface area contributed by atoms with E-state index in [1.54, 1.807) is 104 Å². The Morgan fingerprint density at radius 2 is 1.37 bits per heavy atom. The van der Waals surface area contributed by atoms with Crippen LogP contribution in [0.15, 0.2) is 115 Å². The number of aromatic hydroxyl groups is 1.